The summed E-state index contributed by atoms with van der Waals surface area (Å²) in [4.78, 5) is 26.1. The summed E-state index contributed by atoms with van der Waals surface area (Å²) < 4.78 is 26.3. The largest absolute Gasteiger partial charge is 0.352 e. The van der Waals surface area contributed by atoms with Crippen LogP contribution in [0.5, 0.6) is 0 Å². The lowest BCUT2D eigenvalue weighted by Crippen LogP contribution is -2.63. The minimum absolute atomic E-state index is 0.0883. The number of benzene rings is 1. The van der Waals surface area contributed by atoms with Gasteiger partial charge in [-0.25, -0.2) is 8.78 Å². The summed E-state index contributed by atoms with van der Waals surface area (Å²) in [5.74, 6) is -2.39. The standard InChI is InChI=1S/C16H18F2N2O2/c1-16(2)15(22)19-5-6-20(16)14(21)11-8-10(11)9-3-4-12(17)13(18)7-9/h3-4,7,10-11H,5-6,8H2,1-2H3,(H,19,22)/t10-,11+/m0/s1. The van der Waals surface area contributed by atoms with Gasteiger partial charge in [0.15, 0.2) is 11.6 Å². The molecule has 0 spiro atoms. The van der Waals surface area contributed by atoms with Gasteiger partial charge in [-0.2, -0.15) is 0 Å². The van der Waals surface area contributed by atoms with E-state index in [1.807, 2.05) is 0 Å². The second-order valence-electron chi connectivity index (χ2n) is 6.43. The van der Waals surface area contributed by atoms with Crippen molar-refractivity contribution in [1.29, 1.82) is 0 Å². The number of amides is 2. The first-order valence-corrected chi connectivity index (χ1v) is 7.37. The Morgan fingerprint density at radius 1 is 1.32 bits per heavy atom. The molecule has 2 amide bonds. The molecule has 1 aliphatic heterocycles. The van der Waals surface area contributed by atoms with Gasteiger partial charge in [0.1, 0.15) is 5.54 Å². The van der Waals surface area contributed by atoms with Crippen molar-refractivity contribution in [3.05, 3.63) is 35.4 Å². The number of nitrogens with zero attached hydrogens (tertiary/aromatic N) is 1. The molecule has 1 saturated carbocycles. The Labute approximate surface area is 127 Å². The summed E-state index contributed by atoms with van der Waals surface area (Å²) in [5.41, 5.74) is -0.243. The highest BCUT2D eigenvalue weighted by Gasteiger charge is 2.50. The molecule has 0 bridgehead atoms. The fourth-order valence-corrected chi connectivity index (χ4v) is 3.06. The lowest BCUT2D eigenvalue weighted by molar-refractivity contribution is -0.150. The molecule has 2 atom stereocenters. The van der Waals surface area contributed by atoms with Gasteiger partial charge in [-0.15, -0.1) is 0 Å². The third-order valence-electron chi connectivity index (χ3n) is 4.60. The number of hydrogen-bond donors (Lipinski definition) is 1. The molecule has 1 aromatic rings. The molecule has 4 nitrogen and oxygen atoms in total. The fraction of sp³-hybridized carbons (Fsp3) is 0.500. The molecule has 1 N–H and O–H groups in total. The number of carbonyl (C=O) groups excluding carboxylic acids is 2. The molecular weight excluding hydrogens is 290 g/mol. The van der Waals surface area contributed by atoms with Crippen molar-refractivity contribution >= 4 is 11.8 Å². The monoisotopic (exact) mass is 308 g/mol. The van der Waals surface area contributed by atoms with Crippen LogP contribution in [0.3, 0.4) is 0 Å². The molecule has 1 aliphatic carbocycles. The van der Waals surface area contributed by atoms with Crippen molar-refractivity contribution in [2.24, 2.45) is 5.92 Å². The molecule has 1 aromatic carbocycles. The zero-order valence-electron chi connectivity index (χ0n) is 12.5. The van der Waals surface area contributed by atoms with Gasteiger partial charge < -0.3 is 10.2 Å². The predicted octanol–water partition coefficient (Wildman–Crippen LogP) is 1.81. The molecule has 1 saturated heterocycles. The average molecular weight is 308 g/mol. The minimum atomic E-state index is -0.895. The second kappa shape index (κ2) is 5.04. The number of piperazine rings is 1. The highest BCUT2D eigenvalue weighted by molar-refractivity contribution is 5.93. The van der Waals surface area contributed by atoms with Crippen LogP contribution in [0.2, 0.25) is 0 Å². The van der Waals surface area contributed by atoms with E-state index in [0.29, 0.717) is 25.1 Å². The van der Waals surface area contributed by atoms with E-state index in [4.69, 9.17) is 0 Å². The van der Waals surface area contributed by atoms with Crippen LogP contribution in [0.25, 0.3) is 0 Å². The molecule has 2 aliphatic rings. The molecular formula is C16H18F2N2O2. The normalized spacial score (nSPS) is 26.5. The van der Waals surface area contributed by atoms with Crippen molar-refractivity contribution in [3.63, 3.8) is 0 Å². The van der Waals surface area contributed by atoms with E-state index in [0.717, 1.165) is 12.1 Å². The van der Waals surface area contributed by atoms with E-state index in [2.05, 4.69) is 5.32 Å². The zero-order valence-corrected chi connectivity index (χ0v) is 12.5. The van der Waals surface area contributed by atoms with Crippen LogP contribution in [-0.4, -0.2) is 35.3 Å². The summed E-state index contributed by atoms with van der Waals surface area (Å²) in [5, 5.41) is 2.75. The minimum Gasteiger partial charge on any atom is -0.352 e. The highest BCUT2D eigenvalue weighted by Crippen LogP contribution is 2.49. The van der Waals surface area contributed by atoms with E-state index in [1.54, 1.807) is 18.7 Å². The lowest BCUT2D eigenvalue weighted by atomic mass is 9.97. The lowest BCUT2D eigenvalue weighted by Gasteiger charge is -2.41. The molecule has 0 radical (unpaired) electrons. The Balaban J connectivity index is 1.75. The summed E-state index contributed by atoms with van der Waals surface area (Å²) in [6.07, 6.45) is 0.609. The molecule has 2 fully saturated rings. The SMILES string of the molecule is CC1(C)C(=O)NCCN1C(=O)[C@@H]1C[C@H]1c1ccc(F)c(F)c1. The van der Waals surface area contributed by atoms with Gasteiger partial charge in [0.25, 0.3) is 0 Å². The smallest absolute Gasteiger partial charge is 0.245 e. The van der Waals surface area contributed by atoms with E-state index in [1.165, 1.54) is 6.07 Å². The third kappa shape index (κ3) is 2.36. The van der Waals surface area contributed by atoms with Crippen LogP contribution in [0.4, 0.5) is 8.78 Å². The first kappa shape index (κ1) is 14.9. The summed E-state index contributed by atoms with van der Waals surface area (Å²) in [6, 6.07) is 3.76. The molecule has 0 aromatic heterocycles. The van der Waals surface area contributed by atoms with Gasteiger partial charge in [0.2, 0.25) is 11.8 Å². The van der Waals surface area contributed by atoms with E-state index >= 15 is 0 Å². The number of halogens is 2. The Morgan fingerprint density at radius 2 is 2.05 bits per heavy atom. The highest BCUT2D eigenvalue weighted by atomic mass is 19.2. The van der Waals surface area contributed by atoms with Crippen LogP contribution in [0, 0.1) is 17.6 Å². The number of rotatable bonds is 2. The van der Waals surface area contributed by atoms with Crippen LogP contribution in [0.15, 0.2) is 18.2 Å². The zero-order chi connectivity index (χ0) is 16.1. The fourth-order valence-electron chi connectivity index (χ4n) is 3.06. The van der Waals surface area contributed by atoms with Gasteiger partial charge in [-0.05, 0) is 43.9 Å². The quantitative estimate of drug-likeness (QED) is 0.906. The molecule has 118 valence electrons. The Bertz CT molecular complexity index is 645. The van der Waals surface area contributed by atoms with Crippen molar-refractivity contribution in [1.82, 2.24) is 10.2 Å². The van der Waals surface area contributed by atoms with Crippen LogP contribution in [-0.2, 0) is 9.59 Å². The van der Waals surface area contributed by atoms with Gasteiger partial charge in [-0.1, -0.05) is 6.07 Å². The van der Waals surface area contributed by atoms with Crippen molar-refractivity contribution < 1.29 is 18.4 Å². The summed E-state index contributed by atoms with van der Waals surface area (Å²) in [6.45, 7) is 4.35. The van der Waals surface area contributed by atoms with E-state index in [-0.39, 0.29) is 23.7 Å². The van der Waals surface area contributed by atoms with Crippen molar-refractivity contribution in [2.75, 3.05) is 13.1 Å². The first-order chi connectivity index (χ1) is 10.3. The van der Waals surface area contributed by atoms with Gasteiger partial charge in [0, 0.05) is 19.0 Å². The van der Waals surface area contributed by atoms with Crippen molar-refractivity contribution in [2.45, 2.75) is 31.7 Å². The molecule has 22 heavy (non-hydrogen) atoms. The predicted molar refractivity (Wildman–Crippen MR) is 76.0 cm³/mol. The van der Waals surface area contributed by atoms with Gasteiger partial charge in [0.05, 0.1) is 0 Å². The maximum atomic E-state index is 13.3. The Morgan fingerprint density at radius 3 is 2.73 bits per heavy atom. The number of hydrogen-bond acceptors (Lipinski definition) is 2. The molecule has 6 heteroatoms. The maximum Gasteiger partial charge on any atom is 0.245 e. The molecule has 3 rings (SSSR count). The number of nitrogens with one attached hydrogen (secondary N) is 1. The van der Waals surface area contributed by atoms with Gasteiger partial charge >= 0.3 is 0 Å². The topological polar surface area (TPSA) is 49.4 Å². The third-order valence-corrected chi connectivity index (χ3v) is 4.60. The molecule has 1 heterocycles. The number of carbonyl (C=O) groups is 2. The average Bonchev–Trinajstić information content (AvgIpc) is 3.24. The van der Waals surface area contributed by atoms with E-state index < -0.39 is 17.2 Å². The van der Waals surface area contributed by atoms with E-state index in [9.17, 15) is 18.4 Å². The van der Waals surface area contributed by atoms with Crippen LogP contribution < -0.4 is 5.32 Å². The maximum absolute atomic E-state index is 13.3. The second-order valence-corrected chi connectivity index (χ2v) is 6.43. The summed E-state index contributed by atoms with van der Waals surface area (Å²) in [7, 11) is 0. The van der Waals surface area contributed by atoms with Crippen molar-refractivity contribution in [3.8, 4) is 0 Å². The first-order valence-electron chi connectivity index (χ1n) is 7.37. The van der Waals surface area contributed by atoms with Gasteiger partial charge in [-0.3, -0.25) is 9.59 Å². The summed E-state index contributed by atoms with van der Waals surface area (Å²) >= 11 is 0. The Kier molecular flexibility index (Phi) is 3.42. The van der Waals surface area contributed by atoms with Crippen LogP contribution in [0.1, 0.15) is 31.7 Å². The molecule has 0 unspecified atom stereocenters. The van der Waals surface area contributed by atoms with Crippen LogP contribution >= 0.6 is 0 Å². The Hall–Kier alpha value is -1.98.